The average Bonchev–Trinajstić information content (AvgIpc) is 2.37. The summed E-state index contributed by atoms with van der Waals surface area (Å²) in [5, 5.41) is 3.99. The van der Waals surface area contributed by atoms with Crippen LogP contribution in [0.15, 0.2) is 18.2 Å². The van der Waals surface area contributed by atoms with Gasteiger partial charge in [-0.1, -0.05) is 25.4 Å². The van der Waals surface area contributed by atoms with Crippen LogP contribution >= 0.6 is 11.6 Å². The summed E-state index contributed by atoms with van der Waals surface area (Å²) < 4.78 is 13.4. The largest absolute Gasteiger partial charge is 0.319 e. The molecule has 2 atom stereocenters. The summed E-state index contributed by atoms with van der Waals surface area (Å²) in [4.78, 5) is 0. The molecule has 0 heterocycles. The maximum Gasteiger partial charge on any atom is 0.123 e. The lowest BCUT2D eigenvalue weighted by Crippen LogP contribution is -2.36. The van der Waals surface area contributed by atoms with Gasteiger partial charge in [0.05, 0.1) is 0 Å². The molecule has 1 aromatic rings. The second kappa shape index (κ2) is 6.44. The first-order valence-electron chi connectivity index (χ1n) is 7.50. The van der Waals surface area contributed by atoms with E-state index >= 15 is 0 Å². The SMILES string of the molecule is CNCC1CCC(C)(C)CC1Cc1cc(F)ccc1Cl. The van der Waals surface area contributed by atoms with Crippen LogP contribution in [0.4, 0.5) is 4.39 Å². The number of hydrogen-bond donors (Lipinski definition) is 1. The van der Waals surface area contributed by atoms with E-state index in [9.17, 15) is 4.39 Å². The molecule has 0 spiro atoms. The first-order chi connectivity index (χ1) is 9.41. The van der Waals surface area contributed by atoms with Crippen LogP contribution in [0.1, 0.15) is 38.7 Å². The van der Waals surface area contributed by atoms with Crippen LogP contribution in [0.5, 0.6) is 0 Å². The van der Waals surface area contributed by atoms with E-state index in [4.69, 9.17) is 11.6 Å². The standard InChI is InChI=1S/C17H25ClFN/c1-17(2)7-6-12(11-20-3)14(10-17)8-13-9-15(19)4-5-16(13)18/h4-5,9,12,14,20H,6-8,10-11H2,1-3H3. The molecule has 1 aliphatic carbocycles. The molecular weight excluding hydrogens is 273 g/mol. The molecule has 0 radical (unpaired) electrons. The normalized spacial score (nSPS) is 25.6. The molecule has 1 fully saturated rings. The molecule has 2 unspecified atom stereocenters. The molecule has 1 nitrogen and oxygen atoms in total. The van der Waals surface area contributed by atoms with Gasteiger partial charge in [0.2, 0.25) is 0 Å². The molecule has 0 aromatic heterocycles. The van der Waals surface area contributed by atoms with Gasteiger partial charge < -0.3 is 5.32 Å². The van der Waals surface area contributed by atoms with Gasteiger partial charge in [-0.2, -0.15) is 0 Å². The van der Waals surface area contributed by atoms with Gasteiger partial charge in [0.1, 0.15) is 5.82 Å². The maximum atomic E-state index is 13.4. The summed E-state index contributed by atoms with van der Waals surface area (Å²) in [5.41, 5.74) is 1.34. The van der Waals surface area contributed by atoms with E-state index in [2.05, 4.69) is 19.2 Å². The molecule has 3 heteroatoms. The molecule has 0 amide bonds. The Hall–Kier alpha value is -0.600. The zero-order valence-electron chi connectivity index (χ0n) is 12.7. The lowest BCUT2D eigenvalue weighted by molar-refractivity contribution is 0.117. The van der Waals surface area contributed by atoms with Gasteiger partial charge in [0.15, 0.2) is 0 Å². The Morgan fingerprint density at radius 1 is 1.35 bits per heavy atom. The van der Waals surface area contributed by atoms with Gasteiger partial charge in [-0.3, -0.25) is 0 Å². The van der Waals surface area contributed by atoms with E-state index in [-0.39, 0.29) is 5.82 Å². The van der Waals surface area contributed by atoms with E-state index in [1.807, 2.05) is 7.05 Å². The smallest absolute Gasteiger partial charge is 0.123 e. The van der Waals surface area contributed by atoms with Crippen molar-refractivity contribution in [2.24, 2.45) is 17.3 Å². The molecule has 2 rings (SSSR count). The van der Waals surface area contributed by atoms with E-state index < -0.39 is 0 Å². The predicted octanol–water partition coefficient (Wildman–Crippen LogP) is 4.68. The Morgan fingerprint density at radius 2 is 2.10 bits per heavy atom. The summed E-state index contributed by atoms with van der Waals surface area (Å²) in [6, 6.07) is 4.70. The van der Waals surface area contributed by atoms with Crippen LogP contribution in [0, 0.1) is 23.1 Å². The van der Waals surface area contributed by atoms with Crippen molar-refractivity contribution in [3.8, 4) is 0 Å². The van der Waals surface area contributed by atoms with Crippen LogP contribution in [0.2, 0.25) is 5.02 Å². The summed E-state index contributed by atoms with van der Waals surface area (Å²) in [6.07, 6.45) is 4.58. The molecule has 1 N–H and O–H groups in total. The minimum atomic E-state index is -0.190. The summed E-state index contributed by atoms with van der Waals surface area (Å²) in [7, 11) is 2.01. The lowest BCUT2D eigenvalue weighted by atomic mass is 9.65. The zero-order chi connectivity index (χ0) is 14.8. The molecule has 0 saturated heterocycles. The molecule has 0 bridgehead atoms. The van der Waals surface area contributed by atoms with Crippen molar-refractivity contribution >= 4 is 11.6 Å². The lowest BCUT2D eigenvalue weighted by Gasteiger charge is -2.41. The van der Waals surface area contributed by atoms with Gasteiger partial charge >= 0.3 is 0 Å². The minimum Gasteiger partial charge on any atom is -0.319 e. The maximum absolute atomic E-state index is 13.4. The van der Waals surface area contributed by atoms with Crippen molar-refractivity contribution in [3.63, 3.8) is 0 Å². The highest BCUT2D eigenvalue weighted by Crippen LogP contribution is 2.43. The van der Waals surface area contributed by atoms with Gasteiger partial charge in [-0.25, -0.2) is 4.39 Å². The van der Waals surface area contributed by atoms with Gasteiger partial charge in [0, 0.05) is 5.02 Å². The quantitative estimate of drug-likeness (QED) is 0.850. The Balaban J connectivity index is 2.16. The Bertz CT molecular complexity index is 458. The van der Waals surface area contributed by atoms with E-state index in [0.29, 0.717) is 22.3 Å². The Morgan fingerprint density at radius 3 is 2.80 bits per heavy atom. The van der Waals surface area contributed by atoms with Crippen molar-refractivity contribution in [2.75, 3.05) is 13.6 Å². The topological polar surface area (TPSA) is 12.0 Å². The van der Waals surface area contributed by atoms with E-state index in [0.717, 1.165) is 18.5 Å². The van der Waals surface area contributed by atoms with Gasteiger partial charge in [0.25, 0.3) is 0 Å². The fraction of sp³-hybridized carbons (Fsp3) is 0.647. The first-order valence-corrected chi connectivity index (χ1v) is 7.87. The second-order valence-corrected chi connectivity index (χ2v) is 7.33. The Labute approximate surface area is 126 Å². The van der Waals surface area contributed by atoms with Crippen LogP contribution < -0.4 is 5.32 Å². The fourth-order valence-corrected chi connectivity index (χ4v) is 3.74. The molecule has 1 aliphatic rings. The van der Waals surface area contributed by atoms with Crippen LogP contribution in [-0.4, -0.2) is 13.6 Å². The highest BCUT2D eigenvalue weighted by molar-refractivity contribution is 6.31. The van der Waals surface area contributed by atoms with Crippen molar-refractivity contribution in [1.29, 1.82) is 0 Å². The monoisotopic (exact) mass is 297 g/mol. The number of halogens is 2. The highest BCUT2D eigenvalue weighted by Gasteiger charge is 2.34. The third kappa shape index (κ3) is 3.95. The number of nitrogens with one attached hydrogen (secondary N) is 1. The van der Waals surface area contributed by atoms with Gasteiger partial charge in [-0.05, 0) is 80.3 Å². The van der Waals surface area contributed by atoms with Crippen molar-refractivity contribution in [2.45, 2.75) is 39.5 Å². The van der Waals surface area contributed by atoms with Crippen LogP contribution in [-0.2, 0) is 6.42 Å². The number of hydrogen-bond acceptors (Lipinski definition) is 1. The fourth-order valence-electron chi connectivity index (χ4n) is 3.54. The number of rotatable bonds is 4. The van der Waals surface area contributed by atoms with Crippen molar-refractivity contribution in [1.82, 2.24) is 5.32 Å². The van der Waals surface area contributed by atoms with E-state index in [1.54, 1.807) is 12.1 Å². The van der Waals surface area contributed by atoms with E-state index in [1.165, 1.54) is 25.3 Å². The summed E-state index contributed by atoms with van der Waals surface area (Å²) in [5.74, 6) is 1.04. The second-order valence-electron chi connectivity index (χ2n) is 6.92. The highest BCUT2D eigenvalue weighted by atomic mass is 35.5. The third-order valence-electron chi connectivity index (χ3n) is 4.63. The summed E-state index contributed by atoms with van der Waals surface area (Å²) >= 11 is 6.23. The van der Waals surface area contributed by atoms with Crippen LogP contribution in [0.25, 0.3) is 0 Å². The van der Waals surface area contributed by atoms with Gasteiger partial charge in [-0.15, -0.1) is 0 Å². The minimum absolute atomic E-state index is 0.190. The van der Waals surface area contributed by atoms with Crippen LogP contribution in [0.3, 0.4) is 0 Å². The first kappa shape index (κ1) is 15.8. The molecule has 0 aliphatic heterocycles. The summed E-state index contributed by atoms with van der Waals surface area (Å²) in [6.45, 7) is 5.71. The Kier molecular flexibility index (Phi) is 5.09. The van der Waals surface area contributed by atoms with Crippen molar-refractivity contribution in [3.05, 3.63) is 34.6 Å². The molecule has 1 saturated carbocycles. The number of benzene rings is 1. The predicted molar refractivity (Wildman–Crippen MR) is 83.7 cm³/mol. The average molecular weight is 298 g/mol. The van der Waals surface area contributed by atoms with Crippen molar-refractivity contribution < 1.29 is 4.39 Å². The zero-order valence-corrected chi connectivity index (χ0v) is 13.4. The molecule has 112 valence electrons. The third-order valence-corrected chi connectivity index (χ3v) is 5.00. The molecule has 1 aromatic carbocycles. The molecule has 20 heavy (non-hydrogen) atoms. The molecular formula is C17H25ClFN.